The van der Waals surface area contributed by atoms with Crippen molar-refractivity contribution in [2.45, 2.75) is 34.2 Å². The minimum atomic E-state index is -0.126. The second-order valence-corrected chi connectivity index (χ2v) is 5.58. The van der Waals surface area contributed by atoms with Crippen molar-refractivity contribution in [3.8, 4) is 0 Å². The van der Waals surface area contributed by atoms with Gasteiger partial charge in [0.15, 0.2) is 0 Å². The van der Waals surface area contributed by atoms with Gasteiger partial charge in [-0.15, -0.1) is 11.3 Å². The van der Waals surface area contributed by atoms with Crippen LogP contribution in [0.3, 0.4) is 0 Å². The zero-order valence-electron chi connectivity index (χ0n) is 11.0. The van der Waals surface area contributed by atoms with Crippen LogP contribution in [0.25, 0.3) is 0 Å². The van der Waals surface area contributed by atoms with Gasteiger partial charge >= 0.3 is 5.97 Å². The molecule has 0 aliphatic carbocycles. The van der Waals surface area contributed by atoms with E-state index in [1.54, 1.807) is 11.3 Å². The molecule has 1 N–H and O–H groups in total. The molecular weight excluding hydrogens is 234 g/mol. The van der Waals surface area contributed by atoms with E-state index in [0.717, 1.165) is 6.54 Å². The minimum absolute atomic E-state index is 0.0860. The zero-order valence-corrected chi connectivity index (χ0v) is 11.8. The SMILES string of the molecule is CCOC(=O)C(C)CNCc1cc(C)c(C)s1. The summed E-state index contributed by atoms with van der Waals surface area (Å²) in [5.41, 5.74) is 1.34. The van der Waals surface area contributed by atoms with Gasteiger partial charge in [-0.2, -0.15) is 0 Å². The topological polar surface area (TPSA) is 38.3 Å². The monoisotopic (exact) mass is 255 g/mol. The molecule has 1 unspecified atom stereocenters. The summed E-state index contributed by atoms with van der Waals surface area (Å²) in [6, 6.07) is 2.20. The standard InChI is InChI=1S/C13H21NO2S/c1-5-16-13(15)10(3)7-14-8-12-6-9(2)11(4)17-12/h6,10,14H,5,7-8H2,1-4H3. The normalized spacial score (nSPS) is 12.5. The first-order valence-electron chi connectivity index (χ1n) is 5.97. The highest BCUT2D eigenvalue weighted by atomic mass is 32.1. The molecule has 1 atom stereocenters. The van der Waals surface area contributed by atoms with Gasteiger partial charge in [-0.25, -0.2) is 0 Å². The maximum absolute atomic E-state index is 11.4. The Kier molecular flexibility index (Phi) is 5.65. The van der Waals surface area contributed by atoms with E-state index in [2.05, 4.69) is 25.2 Å². The first-order valence-corrected chi connectivity index (χ1v) is 6.79. The largest absolute Gasteiger partial charge is 0.466 e. The van der Waals surface area contributed by atoms with Gasteiger partial charge in [0.1, 0.15) is 0 Å². The van der Waals surface area contributed by atoms with E-state index in [1.165, 1.54) is 15.3 Å². The van der Waals surface area contributed by atoms with Crippen molar-refractivity contribution in [1.82, 2.24) is 5.32 Å². The molecule has 0 radical (unpaired) electrons. The van der Waals surface area contributed by atoms with E-state index >= 15 is 0 Å². The van der Waals surface area contributed by atoms with Gasteiger partial charge in [-0.3, -0.25) is 4.79 Å². The quantitative estimate of drug-likeness (QED) is 0.794. The number of hydrogen-bond donors (Lipinski definition) is 1. The summed E-state index contributed by atoms with van der Waals surface area (Å²) >= 11 is 1.81. The molecule has 96 valence electrons. The van der Waals surface area contributed by atoms with Crippen LogP contribution in [0.15, 0.2) is 6.07 Å². The Morgan fingerprint density at radius 1 is 1.53 bits per heavy atom. The number of nitrogens with one attached hydrogen (secondary N) is 1. The third-order valence-electron chi connectivity index (χ3n) is 2.66. The maximum atomic E-state index is 11.4. The first kappa shape index (κ1) is 14.2. The predicted molar refractivity (Wildman–Crippen MR) is 71.3 cm³/mol. The average molecular weight is 255 g/mol. The second kappa shape index (κ2) is 6.77. The highest BCUT2D eigenvalue weighted by Crippen LogP contribution is 2.20. The van der Waals surface area contributed by atoms with Crippen molar-refractivity contribution >= 4 is 17.3 Å². The molecule has 0 aromatic carbocycles. The number of ether oxygens (including phenoxy) is 1. The number of hydrogen-bond acceptors (Lipinski definition) is 4. The van der Waals surface area contributed by atoms with Crippen molar-refractivity contribution in [3.05, 3.63) is 21.4 Å². The zero-order chi connectivity index (χ0) is 12.8. The summed E-state index contributed by atoms with van der Waals surface area (Å²) < 4.78 is 4.95. The Hall–Kier alpha value is -0.870. The molecule has 0 saturated carbocycles. The molecule has 1 heterocycles. The van der Waals surface area contributed by atoms with Crippen LogP contribution in [-0.4, -0.2) is 19.1 Å². The van der Waals surface area contributed by atoms with E-state index in [-0.39, 0.29) is 11.9 Å². The number of carbonyl (C=O) groups is 1. The first-order chi connectivity index (χ1) is 8.04. The van der Waals surface area contributed by atoms with Gasteiger partial charge in [0.2, 0.25) is 0 Å². The van der Waals surface area contributed by atoms with Crippen molar-refractivity contribution in [2.75, 3.05) is 13.2 Å². The summed E-state index contributed by atoms with van der Waals surface area (Å²) in [6.45, 7) is 9.90. The van der Waals surface area contributed by atoms with Crippen LogP contribution in [0.5, 0.6) is 0 Å². The molecule has 0 bridgehead atoms. The van der Waals surface area contributed by atoms with E-state index < -0.39 is 0 Å². The van der Waals surface area contributed by atoms with E-state index in [9.17, 15) is 4.79 Å². The Morgan fingerprint density at radius 3 is 2.76 bits per heavy atom. The summed E-state index contributed by atoms with van der Waals surface area (Å²) in [5, 5.41) is 3.29. The minimum Gasteiger partial charge on any atom is -0.466 e. The van der Waals surface area contributed by atoms with Crippen molar-refractivity contribution in [1.29, 1.82) is 0 Å². The summed E-state index contributed by atoms with van der Waals surface area (Å²) in [5.74, 6) is -0.212. The molecular formula is C13H21NO2S. The maximum Gasteiger partial charge on any atom is 0.309 e. The number of thiophene rings is 1. The van der Waals surface area contributed by atoms with Crippen molar-refractivity contribution < 1.29 is 9.53 Å². The van der Waals surface area contributed by atoms with Gasteiger partial charge in [0.05, 0.1) is 12.5 Å². The van der Waals surface area contributed by atoms with E-state index in [1.807, 2.05) is 13.8 Å². The molecule has 1 rings (SSSR count). The summed E-state index contributed by atoms with van der Waals surface area (Å²) in [7, 11) is 0. The number of rotatable bonds is 6. The fourth-order valence-corrected chi connectivity index (χ4v) is 2.54. The lowest BCUT2D eigenvalue weighted by atomic mass is 10.2. The smallest absolute Gasteiger partial charge is 0.309 e. The summed E-state index contributed by atoms with van der Waals surface area (Å²) in [6.07, 6.45) is 0. The molecule has 0 amide bonds. The predicted octanol–water partition coefficient (Wildman–Crippen LogP) is 2.65. The third-order valence-corrected chi connectivity index (χ3v) is 3.81. The Balaban J connectivity index is 2.30. The molecule has 0 fully saturated rings. The van der Waals surface area contributed by atoms with Crippen molar-refractivity contribution in [2.24, 2.45) is 5.92 Å². The van der Waals surface area contributed by atoms with Crippen molar-refractivity contribution in [3.63, 3.8) is 0 Å². The number of carbonyl (C=O) groups excluding carboxylic acids is 1. The van der Waals surface area contributed by atoms with Gasteiger partial charge in [-0.05, 0) is 32.4 Å². The van der Waals surface area contributed by atoms with E-state index in [0.29, 0.717) is 13.2 Å². The molecule has 0 aliphatic heterocycles. The van der Waals surface area contributed by atoms with Crippen LogP contribution >= 0.6 is 11.3 Å². The van der Waals surface area contributed by atoms with Gasteiger partial charge < -0.3 is 10.1 Å². The summed E-state index contributed by atoms with van der Waals surface area (Å²) in [4.78, 5) is 14.1. The van der Waals surface area contributed by atoms with Crippen LogP contribution in [-0.2, 0) is 16.1 Å². The molecule has 0 spiro atoms. The lowest BCUT2D eigenvalue weighted by Crippen LogP contribution is -2.27. The van der Waals surface area contributed by atoms with Gasteiger partial charge in [0, 0.05) is 22.8 Å². The molecule has 0 saturated heterocycles. The van der Waals surface area contributed by atoms with Crippen LogP contribution in [0.1, 0.15) is 29.2 Å². The molecule has 1 aromatic rings. The highest BCUT2D eigenvalue weighted by molar-refractivity contribution is 7.12. The molecule has 3 nitrogen and oxygen atoms in total. The van der Waals surface area contributed by atoms with E-state index in [4.69, 9.17) is 4.74 Å². The second-order valence-electron chi connectivity index (χ2n) is 4.24. The molecule has 1 aromatic heterocycles. The Bertz CT molecular complexity index is 354. The van der Waals surface area contributed by atoms with Gasteiger partial charge in [0.25, 0.3) is 0 Å². The lowest BCUT2D eigenvalue weighted by molar-refractivity contribution is -0.147. The fraction of sp³-hybridized carbons (Fsp3) is 0.615. The van der Waals surface area contributed by atoms with Crippen LogP contribution < -0.4 is 5.32 Å². The van der Waals surface area contributed by atoms with Crippen LogP contribution in [0.4, 0.5) is 0 Å². The average Bonchev–Trinajstić information content (AvgIpc) is 2.58. The Morgan fingerprint density at radius 2 is 2.24 bits per heavy atom. The molecule has 17 heavy (non-hydrogen) atoms. The lowest BCUT2D eigenvalue weighted by Gasteiger charge is -2.10. The molecule has 4 heteroatoms. The third kappa shape index (κ3) is 4.48. The van der Waals surface area contributed by atoms with Gasteiger partial charge in [-0.1, -0.05) is 6.92 Å². The van der Waals surface area contributed by atoms with Crippen LogP contribution in [0, 0.1) is 19.8 Å². The fourth-order valence-electron chi connectivity index (χ4n) is 1.52. The van der Waals surface area contributed by atoms with Crippen LogP contribution in [0.2, 0.25) is 0 Å². The highest BCUT2D eigenvalue weighted by Gasteiger charge is 2.13. The Labute approximate surface area is 107 Å². The molecule has 0 aliphatic rings. The number of aryl methyl sites for hydroxylation is 2. The number of esters is 1.